The van der Waals surface area contributed by atoms with E-state index in [-0.39, 0.29) is 11.7 Å². The van der Waals surface area contributed by atoms with E-state index in [9.17, 15) is 9.59 Å². The Hall–Kier alpha value is -1.98. The number of nitrogens with one attached hydrogen (secondary N) is 2. The molecule has 6 heteroatoms. The number of ether oxygens (including phenoxy) is 1. The molecule has 1 heterocycles. The number of carboxylic acids is 1. The van der Waals surface area contributed by atoms with E-state index in [1.54, 1.807) is 33.8 Å². The van der Waals surface area contributed by atoms with Gasteiger partial charge in [0.05, 0.1) is 6.04 Å². The molecular formula is C12H18N2O4. The minimum absolute atomic E-state index is 0.0860. The molecule has 0 radical (unpaired) electrons. The van der Waals surface area contributed by atoms with Gasteiger partial charge in [-0.2, -0.15) is 0 Å². The Morgan fingerprint density at radius 3 is 2.44 bits per heavy atom. The molecule has 1 amide bonds. The fourth-order valence-electron chi connectivity index (χ4n) is 1.35. The van der Waals surface area contributed by atoms with E-state index in [4.69, 9.17) is 9.84 Å². The summed E-state index contributed by atoms with van der Waals surface area (Å²) in [5, 5.41) is 11.4. The lowest BCUT2D eigenvalue weighted by Gasteiger charge is -2.21. The number of H-pyrrole nitrogens is 1. The van der Waals surface area contributed by atoms with Crippen LogP contribution in [-0.4, -0.2) is 27.8 Å². The lowest BCUT2D eigenvalue weighted by molar-refractivity contribution is 0.0507. The minimum Gasteiger partial charge on any atom is -0.477 e. The molecule has 0 saturated heterocycles. The van der Waals surface area contributed by atoms with Crippen LogP contribution in [0.2, 0.25) is 0 Å². The van der Waals surface area contributed by atoms with Crippen molar-refractivity contribution < 1.29 is 19.4 Å². The van der Waals surface area contributed by atoms with Crippen molar-refractivity contribution in [3.8, 4) is 0 Å². The van der Waals surface area contributed by atoms with Crippen LogP contribution >= 0.6 is 0 Å². The second-order valence-corrected chi connectivity index (χ2v) is 5.00. The molecule has 1 unspecified atom stereocenters. The maximum absolute atomic E-state index is 11.5. The molecule has 1 aromatic heterocycles. The third-order valence-electron chi connectivity index (χ3n) is 2.14. The zero-order chi connectivity index (χ0) is 13.9. The van der Waals surface area contributed by atoms with E-state index < -0.39 is 17.7 Å². The lowest BCUT2D eigenvalue weighted by Crippen LogP contribution is -2.34. The standard InChI is InChI=1S/C12H18N2O4/c1-7(13-11(17)18-12(2,3)4)8-5-6-9(14-8)10(15)16/h5-7,14H,1-4H3,(H,13,17)(H,15,16). The molecule has 100 valence electrons. The van der Waals surface area contributed by atoms with E-state index in [1.807, 2.05) is 0 Å². The van der Waals surface area contributed by atoms with Crippen LogP contribution in [0.25, 0.3) is 0 Å². The molecule has 0 fully saturated rings. The fraction of sp³-hybridized carbons (Fsp3) is 0.500. The third kappa shape index (κ3) is 4.12. The van der Waals surface area contributed by atoms with Crippen LogP contribution in [-0.2, 0) is 4.74 Å². The summed E-state index contributed by atoms with van der Waals surface area (Å²) in [7, 11) is 0. The molecule has 1 aromatic rings. The number of hydrogen-bond donors (Lipinski definition) is 3. The number of alkyl carbamates (subject to hydrolysis) is 1. The van der Waals surface area contributed by atoms with E-state index >= 15 is 0 Å². The zero-order valence-corrected chi connectivity index (χ0v) is 10.9. The van der Waals surface area contributed by atoms with E-state index in [1.165, 1.54) is 6.07 Å². The molecule has 1 atom stereocenters. The van der Waals surface area contributed by atoms with Gasteiger partial charge in [0.15, 0.2) is 0 Å². The van der Waals surface area contributed by atoms with Gasteiger partial charge in [-0.25, -0.2) is 9.59 Å². The second-order valence-electron chi connectivity index (χ2n) is 5.00. The molecular weight excluding hydrogens is 236 g/mol. The van der Waals surface area contributed by atoms with Crippen LogP contribution in [0.3, 0.4) is 0 Å². The molecule has 0 aliphatic carbocycles. The predicted molar refractivity (Wildman–Crippen MR) is 65.5 cm³/mol. The first-order valence-electron chi connectivity index (χ1n) is 5.61. The topological polar surface area (TPSA) is 91.4 Å². The first-order chi connectivity index (χ1) is 8.19. The van der Waals surface area contributed by atoms with Gasteiger partial charge in [0, 0.05) is 5.69 Å². The normalized spacial score (nSPS) is 12.9. The van der Waals surface area contributed by atoms with E-state index in [0.29, 0.717) is 5.69 Å². The van der Waals surface area contributed by atoms with Crippen molar-refractivity contribution in [2.24, 2.45) is 0 Å². The molecule has 0 bridgehead atoms. The number of amides is 1. The van der Waals surface area contributed by atoms with Crippen molar-refractivity contribution >= 4 is 12.1 Å². The molecule has 6 nitrogen and oxygen atoms in total. The number of aromatic carboxylic acids is 1. The van der Waals surface area contributed by atoms with Crippen LogP contribution < -0.4 is 5.32 Å². The van der Waals surface area contributed by atoms with Gasteiger partial charge >= 0.3 is 12.1 Å². The Balaban J connectivity index is 2.62. The Bertz CT molecular complexity index is 445. The lowest BCUT2D eigenvalue weighted by atomic mass is 10.2. The quantitative estimate of drug-likeness (QED) is 0.771. The maximum Gasteiger partial charge on any atom is 0.408 e. The van der Waals surface area contributed by atoms with Crippen molar-refractivity contribution in [1.82, 2.24) is 10.3 Å². The Kier molecular flexibility index (Phi) is 4.00. The average Bonchev–Trinajstić information content (AvgIpc) is 2.62. The molecule has 18 heavy (non-hydrogen) atoms. The highest BCUT2D eigenvalue weighted by Crippen LogP contribution is 2.13. The molecule has 0 saturated carbocycles. The van der Waals surface area contributed by atoms with Gasteiger partial charge in [-0.05, 0) is 39.8 Å². The first kappa shape index (κ1) is 14.1. The van der Waals surface area contributed by atoms with E-state index in [0.717, 1.165) is 0 Å². The van der Waals surface area contributed by atoms with E-state index in [2.05, 4.69) is 10.3 Å². The molecule has 0 aliphatic rings. The van der Waals surface area contributed by atoms with Crippen LogP contribution in [0.1, 0.15) is 49.9 Å². The van der Waals surface area contributed by atoms with Crippen molar-refractivity contribution in [2.75, 3.05) is 0 Å². The van der Waals surface area contributed by atoms with Gasteiger partial charge in [0.1, 0.15) is 11.3 Å². The Morgan fingerprint density at radius 2 is 2.00 bits per heavy atom. The Labute approximate surface area is 105 Å². The van der Waals surface area contributed by atoms with Gasteiger partial charge < -0.3 is 20.1 Å². The van der Waals surface area contributed by atoms with Crippen LogP contribution in [0, 0.1) is 0 Å². The summed E-state index contributed by atoms with van der Waals surface area (Å²) in [5.74, 6) is -1.04. The smallest absolute Gasteiger partial charge is 0.408 e. The molecule has 3 N–H and O–H groups in total. The number of carbonyl (C=O) groups excluding carboxylic acids is 1. The van der Waals surface area contributed by atoms with Gasteiger partial charge in [-0.3, -0.25) is 0 Å². The van der Waals surface area contributed by atoms with Gasteiger partial charge in [0.2, 0.25) is 0 Å². The summed E-state index contributed by atoms with van der Waals surface area (Å²) in [6, 6.07) is 2.71. The summed E-state index contributed by atoms with van der Waals surface area (Å²) in [4.78, 5) is 24.9. The summed E-state index contributed by atoms with van der Waals surface area (Å²) >= 11 is 0. The minimum atomic E-state index is -1.04. The van der Waals surface area contributed by atoms with Gasteiger partial charge in [-0.1, -0.05) is 0 Å². The van der Waals surface area contributed by atoms with Crippen molar-refractivity contribution in [3.63, 3.8) is 0 Å². The monoisotopic (exact) mass is 254 g/mol. The van der Waals surface area contributed by atoms with Crippen LogP contribution in [0.15, 0.2) is 12.1 Å². The SMILES string of the molecule is CC(NC(=O)OC(C)(C)C)c1ccc(C(=O)O)[nH]1. The third-order valence-corrected chi connectivity index (χ3v) is 2.14. The maximum atomic E-state index is 11.5. The number of aromatic nitrogens is 1. The summed E-state index contributed by atoms with van der Waals surface area (Å²) in [5.41, 5.74) is 0.132. The summed E-state index contributed by atoms with van der Waals surface area (Å²) < 4.78 is 5.10. The number of carboxylic acid groups (broad SMARTS) is 1. The fourth-order valence-corrected chi connectivity index (χ4v) is 1.35. The highest BCUT2D eigenvalue weighted by Gasteiger charge is 2.19. The van der Waals surface area contributed by atoms with Crippen molar-refractivity contribution in [2.45, 2.75) is 39.3 Å². The Morgan fingerprint density at radius 1 is 1.39 bits per heavy atom. The second kappa shape index (κ2) is 5.12. The summed E-state index contributed by atoms with van der Waals surface area (Å²) in [6.45, 7) is 7.05. The molecule has 0 spiro atoms. The molecule has 0 aromatic carbocycles. The van der Waals surface area contributed by atoms with Crippen LogP contribution in [0.5, 0.6) is 0 Å². The highest BCUT2D eigenvalue weighted by atomic mass is 16.6. The number of hydrogen-bond acceptors (Lipinski definition) is 3. The first-order valence-corrected chi connectivity index (χ1v) is 5.61. The number of rotatable bonds is 3. The van der Waals surface area contributed by atoms with Gasteiger partial charge in [-0.15, -0.1) is 0 Å². The largest absolute Gasteiger partial charge is 0.477 e. The highest BCUT2D eigenvalue weighted by molar-refractivity contribution is 5.85. The van der Waals surface area contributed by atoms with Crippen molar-refractivity contribution in [1.29, 1.82) is 0 Å². The molecule has 1 rings (SSSR count). The van der Waals surface area contributed by atoms with Gasteiger partial charge in [0.25, 0.3) is 0 Å². The van der Waals surface area contributed by atoms with Crippen LogP contribution in [0.4, 0.5) is 4.79 Å². The summed E-state index contributed by atoms with van der Waals surface area (Å²) in [6.07, 6.45) is -0.540. The average molecular weight is 254 g/mol. The molecule has 0 aliphatic heterocycles. The zero-order valence-electron chi connectivity index (χ0n) is 10.9. The van der Waals surface area contributed by atoms with Crippen molar-refractivity contribution in [3.05, 3.63) is 23.5 Å². The predicted octanol–water partition coefficient (Wildman–Crippen LogP) is 2.30. The number of aromatic amines is 1. The number of carbonyl (C=O) groups is 2.